The quantitative estimate of drug-likeness (QED) is 0.694. The number of nitrogens with zero attached hydrogens (tertiary/aromatic N) is 1. The Labute approximate surface area is 118 Å². The first-order valence-electron chi connectivity index (χ1n) is 5.52. The van der Waals surface area contributed by atoms with Crippen LogP contribution < -0.4 is 4.72 Å². The third kappa shape index (κ3) is 3.31. The molecular formula is C12H8F2N2O4S. The zero-order valence-electron chi connectivity index (χ0n) is 10.3. The highest BCUT2D eigenvalue weighted by molar-refractivity contribution is 7.92. The topological polar surface area (TPSA) is 89.3 Å². The summed E-state index contributed by atoms with van der Waals surface area (Å²) in [7, 11) is -4.17. The van der Waals surface area contributed by atoms with Crippen molar-refractivity contribution in [1.29, 1.82) is 0 Å². The highest BCUT2D eigenvalue weighted by atomic mass is 32.2. The van der Waals surface area contributed by atoms with Gasteiger partial charge < -0.3 is 0 Å². The van der Waals surface area contributed by atoms with Gasteiger partial charge in [0.15, 0.2) is 0 Å². The van der Waals surface area contributed by atoms with E-state index in [0.717, 1.165) is 36.4 Å². The molecule has 0 amide bonds. The predicted octanol–water partition coefficient (Wildman–Crippen LogP) is 2.67. The van der Waals surface area contributed by atoms with Gasteiger partial charge in [0.25, 0.3) is 15.7 Å². The fraction of sp³-hybridized carbons (Fsp3) is 0. The van der Waals surface area contributed by atoms with Gasteiger partial charge in [-0.3, -0.25) is 14.8 Å². The maximum Gasteiger partial charge on any atom is 0.269 e. The van der Waals surface area contributed by atoms with Gasteiger partial charge in [-0.15, -0.1) is 0 Å². The SMILES string of the molecule is O=[N+]([O-])c1ccc(S(=O)(=O)Nc2cc(F)ccc2F)cc1. The largest absolute Gasteiger partial charge is 0.277 e. The number of nitro benzene ring substituents is 1. The number of nitro groups is 1. The summed E-state index contributed by atoms with van der Waals surface area (Å²) in [5.41, 5.74) is -0.834. The van der Waals surface area contributed by atoms with Crippen LogP contribution in [0.5, 0.6) is 0 Å². The molecule has 0 unspecified atom stereocenters. The number of rotatable bonds is 4. The minimum absolute atomic E-state index is 0.286. The van der Waals surface area contributed by atoms with Gasteiger partial charge in [0.1, 0.15) is 11.6 Å². The van der Waals surface area contributed by atoms with Gasteiger partial charge in [0.2, 0.25) is 0 Å². The molecule has 2 aromatic carbocycles. The van der Waals surface area contributed by atoms with Crippen molar-refractivity contribution >= 4 is 21.4 Å². The summed E-state index contributed by atoms with van der Waals surface area (Å²) < 4.78 is 52.2. The summed E-state index contributed by atoms with van der Waals surface area (Å²) >= 11 is 0. The fourth-order valence-corrected chi connectivity index (χ4v) is 2.58. The van der Waals surface area contributed by atoms with Crippen molar-refractivity contribution in [1.82, 2.24) is 0 Å². The van der Waals surface area contributed by atoms with Crippen LogP contribution in [0.15, 0.2) is 47.4 Å². The van der Waals surface area contributed by atoms with Crippen molar-refractivity contribution in [3.8, 4) is 0 Å². The lowest BCUT2D eigenvalue weighted by molar-refractivity contribution is -0.384. The van der Waals surface area contributed by atoms with Gasteiger partial charge in [0, 0.05) is 18.2 Å². The van der Waals surface area contributed by atoms with Crippen LogP contribution in [-0.2, 0) is 10.0 Å². The van der Waals surface area contributed by atoms with E-state index >= 15 is 0 Å². The molecule has 0 aromatic heterocycles. The number of non-ortho nitro benzene ring substituents is 1. The van der Waals surface area contributed by atoms with Crippen molar-refractivity contribution in [2.24, 2.45) is 0 Å². The van der Waals surface area contributed by atoms with E-state index < -0.39 is 32.3 Å². The first-order chi connectivity index (χ1) is 9.79. The van der Waals surface area contributed by atoms with E-state index in [2.05, 4.69) is 0 Å². The Bertz CT molecular complexity index is 791. The zero-order chi connectivity index (χ0) is 15.6. The molecule has 0 saturated carbocycles. The maximum absolute atomic E-state index is 13.4. The third-order valence-electron chi connectivity index (χ3n) is 2.53. The number of hydrogen-bond acceptors (Lipinski definition) is 4. The summed E-state index contributed by atoms with van der Waals surface area (Å²) in [6, 6.07) is 6.31. The molecule has 2 rings (SSSR count). The summed E-state index contributed by atoms with van der Waals surface area (Å²) in [4.78, 5) is 9.49. The van der Waals surface area contributed by atoms with Crippen LogP contribution in [-0.4, -0.2) is 13.3 Å². The van der Waals surface area contributed by atoms with Gasteiger partial charge in [-0.2, -0.15) is 0 Å². The molecule has 0 saturated heterocycles. The van der Waals surface area contributed by atoms with Crippen molar-refractivity contribution in [3.63, 3.8) is 0 Å². The van der Waals surface area contributed by atoms with Gasteiger partial charge >= 0.3 is 0 Å². The molecule has 0 aliphatic rings. The Hall–Kier alpha value is -2.55. The van der Waals surface area contributed by atoms with Gasteiger partial charge in [-0.25, -0.2) is 17.2 Å². The Morgan fingerprint density at radius 1 is 1.05 bits per heavy atom. The average molecular weight is 314 g/mol. The van der Waals surface area contributed by atoms with Crippen LogP contribution in [0.1, 0.15) is 0 Å². The molecular weight excluding hydrogens is 306 g/mol. The van der Waals surface area contributed by atoms with Gasteiger partial charge in [0.05, 0.1) is 15.5 Å². The maximum atomic E-state index is 13.4. The molecule has 0 bridgehead atoms. The van der Waals surface area contributed by atoms with Crippen LogP contribution >= 0.6 is 0 Å². The summed E-state index contributed by atoms with van der Waals surface area (Å²) in [6.45, 7) is 0. The first kappa shape index (κ1) is 14.9. The lowest BCUT2D eigenvalue weighted by atomic mass is 10.3. The molecule has 0 spiro atoms. The molecule has 0 heterocycles. The minimum atomic E-state index is -4.17. The number of nitrogens with one attached hydrogen (secondary N) is 1. The molecule has 0 aliphatic heterocycles. The Balaban J connectivity index is 2.34. The van der Waals surface area contributed by atoms with Crippen LogP contribution in [0, 0.1) is 21.7 Å². The Morgan fingerprint density at radius 3 is 2.24 bits per heavy atom. The Morgan fingerprint density at radius 2 is 1.67 bits per heavy atom. The molecule has 0 radical (unpaired) electrons. The highest BCUT2D eigenvalue weighted by Gasteiger charge is 2.18. The second-order valence-electron chi connectivity index (χ2n) is 3.98. The first-order valence-corrected chi connectivity index (χ1v) is 7.00. The average Bonchev–Trinajstić information content (AvgIpc) is 2.43. The lowest BCUT2D eigenvalue weighted by Gasteiger charge is -2.08. The Kier molecular flexibility index (Phi) is 3.85. The fourth-order valence-electron chi connectivity index (χ4n) is 1.53. The standard InChI is InChI=1S/C12H8F2N2O4S/c13-8-1-6-11(14)12(7-8)15-21(19,20)10-4-2-9(3-5-10)16(17)18/h1-7,15H. The van der Waals surface area contributed by atoms with Crippen LogP contribution in [0.4, 0.5) is 20.2 Å². The molecule has 1 N–H and O–H groups in total. The monoisotopic (exact) mass is 314 g/mol. The van der Waals surface area contributed by atoms with Crippen LogP contribution in [0.2, 0.25) is 0 Å². The second-order valence-corrected chi connectivity index (χ2v) is 5.66. The molecule has 2 aromatic rings. The number of halogens is 2. The van der Waals surface area contributed by atoms with E-state index in [4.69, 9.17) is 0 Å². The zero-order valence-corrected chi connectivity index (χ0v) is 11.1. The highest BCUT2D eigenvalue weighted by Crippen LogP contribution is 2.21. The van der Waals surface area contributed by atoms with Gasteiger partial charge in [-0.1, -0.05) is 0 Å². The normalized spacial score (nSPS) is 11.1. The number of hydrogen-bond donors (Lipinski definition) is 1. The van der Waals surface area contributed by atoms with E-state index in [9.17, 15) is 27.3 Å². The van der Waals surface area contributed by atoms with Crippen molar-refractivity contribution in [2.45, 2.75) is 4.90 Å². The minimum Gasteiger partial charge on any atom is -0.277 e. The van der Waals surface area contributed by atoms with Crippen LogP contribution in [0.25, 0.3) is 0 Å². The second kappa shape index (κ2) is 5.44. The number of sulfonamides is 1. The smallest absolute Gasteiger partial charge is 0.269 e. The molecule has 0 fully saturated rings. The number of anilines is 1. The summed E-state index contributed by atoms with van der Waals surface area (Å²) in [6.07, 6.45) is 0. The van der Waals surface area contributed by atoms with Gasteiger partial charge in [-0.05, 0) is 24.3 Å². The molecule has 9 heteroatoms. The molecule has 6 nitrogen and oxygen atoms in total. The van der Waals surface area contributed by atoms with Crippen molar-refractivity contribution in [3.05, 3.63) is 64.2 Å². The van der Waals surface area contributed by atoms with E-state index in [-0.39, 0.29) is 10.6 Å². The predicted molar refractivity (Wildman–Crippen MR) is 70.3 cm³/mol. The van der Waals surface area contributed by atoms with Crippen molar-refractivity contribution in [2.75, 3.05) is 4.72 Å². The van der Waals surface area contributed by atoms with E-state index in [0.29, 0.717) is 6.07 Å². The molecule has 110 valence electrons. The van der Waals surface area contributed by atoms with E-state index in [1.54, 1.807) is 0 Å². The molecule has 0 atom stereocenters. The molecule has 0 aliphatic carbocycles. The third-order valence-corrected chi connectivity index (χ3v) is 3.91. The molecule has 21 heavy (non-hydrogen) atoms. The van der Waals surface area contributed by atoms with Crippen molar-refractivity contribution < 1.29 is 22.1 Å². The van der Waals surface area contributed by atoms with E-state index in [1.807, 2.05) is 4.72 Å². The lowest BCUT2D eigenvalue weighted by Crippen LogP contribution is -2.14. The summed E-state index contributed by atoms with van der Waals surface area (Å²) in [5.74, 6) is -1.75. The number of benzene rings is 2. The van der Waals surface area contributed by atoms with E-state index in [1.165, 1.54) is 0 Å². The van der Waals surface area contributed by atoms with Crippen LogP contribution in [0.3, 0.4) is 0 Å². The summed E-state index contributed by atoms with van der Waals surface area (Å²) in [5, 5.41) is 10.5.